The minimum atomic E-state index is -0.463. The number of benzene rings is 1. The maximum Gasteiger partial charge on any atom is 0.286 e. The summed E-state index contributed by atoms with van der Waals surface area (Å²) in [7, 11) is 0. The molecule has 2 rings (SSSR count). The number of hydrogen-bond donors (Lipinski definition) is 1. The molecule has 0 saturated carbocycles. The van der Waals surface area contributed by atoms with Gasteiger partial charge >= 0.3 is 0 Å². The molecule has 0 spiro atoms. The molecule has 0 aliphatic carbocycles. The summed E-state index contributed by atoms with van der Waals surface area (Å²) in [6.07, 6.45) is 0. The van der Waals surface area contributed by atoms with E-state index < -0.39 is 11.7 Å². The van der Waals surface area contributed by atoms with Gasteiger partial charge in [-0.2, -0.15) is 0 Å². The van der Waals surface area contributed by atoms with Crippen molar-refractivity contribution in [1.82, 2.24) is 10.2 Å². The first-order valence-electron chi connectivity index (χ1n) is 4.21. The van der Waals surface area contributed by atoms with Crippen molar-refractivity contribution in [3.63, 3.8) is 0 Å². The zero-order chi connectivity index (χ0) is 11.5. The van der Waals surface area contributed by atoms with Crippen LogP contribution in [0.5, 0.6) is 0 Å². The number of nitrogens with one attached hydrogen (secondary N) is 1. The largest absolute Gasteiger partial charge is 0.320 e. The first kappa shape index (κ1) is 11.0. The minimum absolute atomic E-state index is 0.134. The summed E-state index contributed by atoms with van der Waals surface area (Å²) in [6, 6.07) is 5.57. The summed E-state index contributed by atoms with van der Waals surface area (Å²) < 4.78 is 13.0. The molecule has 1 heterocycles. The molecule has 0 radical (unpaired) electrons. The number of halogens is 2. The highest BCUT2D eigenvalue weighted by Crippen LogP contribution is 2.17. The van der Waals surface area contributed by atoms with Crippen LogP contribution in [0.25, 0.3) is 0 Å². The number of aromatic nitrogens is 2. The first-order chi connectivity index (χ1) is 7.65. The lowest BCUT2D eigenvalue weighted by atomic mass is 10.3. The summed E-state index contributed by atoms with van der Waals surface area (Å²) in [5, 5.41) is 9.68. The van der Waals surface area contributed by atoms with E-state index in [1.54, 1.807) is 6.07 Å². The Morgan fingerprint density at radius 3 is 2.88 bits per heavy atom. The smallest absolute Gasteiger partial charge is 0.286 e. The topological polar surface area (TPSA) is 54.9 Å². The summed E-state index contributed by atoms with van der Waals surface area (Å²) in [6.45, 7) is 0. The number of rotatable bonds is 2. The van der Waals surface area contributed by atoms with Crippen molar-refractivity contribution >= 4 is 34.5 Å². The van der Waals surface area contributed by atoms with E-state index in [0.717, 1.165) is 11.3 Å². The summed E-state index contributed by atoms with van der Waals surface area (Å²) in [4.78, 5) is 11.6. The molecule has 0 aliphatic rings. The molecule has 7 heteroatoms. The van der Waals surface area contributed by atoms with Gasteiger partial charge < -0.3 is 5.32 Å². The average Bonchev–Trinajstić information content (AvgIpc) is 2.65. The summed E-state index contributed by atoms with van der Waals surface area (Å²) in [5.74, 6) is -0.886. The third-order valence-electron chi connectivity index (χ3n) is 1.68. The highest BCUT2D eigenvalue weighted by molar-refractivity contribution is 7.17. The second-order valence-electron chi connectivity index (χ2n) is 2.82. The maximum absolute atomic E-state index is 12.8. The van der Waals surface area contributed by atoms with Crippen molar-refractivity contribution in [2.45, 2.75) is 0 Å². The van der Waals surface area contributed by atoms with Gasteiger partial charge in [0, 0.05) is 5.69 Å². The van der Waals surface area contributed by atoms with Crippen LogP contribution in [0.2, 0.25) is 4.47 Å². The van der Waals surface area contributed by atoms with Gasteiger partial charge in [-0.15, -0.1) is 10.2 Å². The van der Waals surface area contributed by atoms with Gasteiger partial charge in [0.1, 0.15) is 5.82 Å². The monoisotopic (exact) mass is 257 g/mol. The standard InChI is InChI=1S/C9H5ClFN3OS/c10-9-14-13-8(16-9)7(15)12-6-3-1-2-5(11)4-6/h1-4H,(H,12,15). The van der Waals surface area contributed by atoms with Crippen LogP contribution < -0.4 is 5.32 Å². The first-order valence-corrected chi connectivity index (χ1v) is 5.40. The molecule has 0 aliphatic heterocycles. The normalized spacial score (nSPS) is 10.1. The minimum Gasteiger partial charge on any atom is -0.320 e. The van der Waals surface area contributed by atoms with E-state index in [1.165, 1.54) is 18.2 Å². The number of anilines is 1. The molecule has 0 unspecified atom stereocenters. The van der Waals surface area contributed by atoms with Crippen molar-refractivity contribution in [2.24, 2.45) is 0 Å². The Labute approximate surface area is 99.1 Å². The number of amides is 1. The van der Waals surface area contributed by atoms with Gasteiger partial charge in [-0.25, -0.2) is 4.39 Å². The van der Waals surface area contributed by atoms with Crippen LogP contribution in [0.1, 0.15) is 9.80 Å². The van der Waals surface area contributed by atoms with Gasteiger partial charge in [0.05, 0.1) is 0 Å². The van der Waals surface area contributed by atoms with Crippen LogP contribution in [0, 0.1) is 5.82 Å². The van der Waals surface area contributed by atoms with E-state index >= 15 is 0 Å². The van der Waals surface area contributed by atoms with Crippen LogP contribution in [-0.2, 0) is 0 Å². The van der Waals surface area contributed by atoms with E-state index in [0.29, 0.717) is 5.69 Å². The van der Waals surface area contributed by atoms with E-state index in [4.69, 9.17) is 11.6 Å². The molecule has 1 N–H and O–H groups in total. The molecule has 0 bridgehead atoms. The maximum atomic E-state index is 12.8. The highest BCUT2D eigenvalue weighted by Gasteiger charge is 2.12. The molecule has 2 aromatic rings. The SMILES string of the molecule is O=C(Nc1cccc(F)c1)c1nnc(Cl)s1. The number of carbonyl (C=O) groups is 1. The Kier molecular flexibility index (Phi) is 3.12. The number of nitrogens with zero attached hydrogens (tertiary/aromatic N) is 2. The lowest BCUT2D eigenvalue weighted by molar-refractivity contribution is 0.102. The zero-order valence-corrected chi connectivity index (χ0v) is 9.35. The Balaban J connectivity index is 2.13. The second-order valence-corrected chi connectivity index (χ2v) is 4.38. The van der Waals surface area contributed by atoms with Gasteiger partial charge in [-0.1, -0.05) is 17.4 Å². The lowest BCUT2D eigenvalue weighted by Crippen LogP contribution is -2.11. The fourth-order valence-electron chi connectivity index (χ4n) is 1.05. The molecule has 1 aromatic heterocycles. The van der Waals surface area contributed by atoms with E-state index in [2.05, 4.69) is 15.5 Å². The molecule has 1 aromatic carbocycles. The number of carbonyl (C=O) groups excluding carboxylic acids is 1. The van der Waals surface area contributed by atoms with Gasteiger partial charge in [0.15, 0.2) is 0 Å². The van der Waals surface area contributed by atoms with Crippen LogP contribution in [0.15, 0.2) is 24.3 Å². The van der Waals surface area contributed by atoms with Crippen molar-refractivity contribution < 1.29 is 9.18 Å². The Morgan fingerprint density at radius 2 is 2.25 bits per heavy atom. The zero-order valence-electron chi connectivity index (χ0n) is 7.78. The lowest BCUT2D eigenvalue weighted by Gasteiger charge is -2.01. The molecule has 0 atom stereocenters. The fraction of sp³-hybridized carbons (Fsp3) is 0. The van der Waals surface area contributed by atoms with Crippen LogP contribution in [0.3, 0.4) is 0 Å². The molecule has 82 valence electrons. The van der Waals surface area contributed by atoms with Crippen LogP contribution in [0.4, 0.5) is 10.1 Å². The predicted octanol–water partition coefficient (Wildman–Crippen LogP) is 2.58. The molecular formula is C9H5ClFN3OS. The van der Waals surface area contributed by atoms with Crippen molar-refractivity contribution in [1.29, 1.82) is 0 Å². The molecule has 4 nitrogen and oxygen atoms in total. The Morgan fingerprint density at radius 1 is 1.44 bits per heavy atom. The van der Waals surface area contributed by atoms with E-state index in [1.807, 2.05) is 0 Å². The van der Waals surface area contributed by atoms with Crippen LogP contribution in [-0.4, -0.2) is 16.1 Å². The van der Waals surface area contributed by atoms with Gasteiger partial charge in [-0.3, -0.25) is 4.79 Å². The second kappa shape index (κ2) is 4.54. The molecular weight excluding hydrogens is 253 g/mol. The third kappa shape index (κ3) is 2.53. The average molecular weight is 258 g/mol. The van der Waals surface area contributed by atoms with Gasteiger partial charge in [-0.05, 0) is 29.8 Å². The van der Waals surface area contributed by atoms with Crippen molar-refractivity contribution in [3.05, 3.63) is 39.6 Å². The number of hydrogen-bond acceptors (Lipinski definition) is 4. The van der Waals surface area contributed by atoms with Gasteiger partial charge in [0.25, 0.3) is 5.91 Å². The molecule has 1 amide bonds. The van der Waals surface area contributed by atoms with Crippen LogP contribution >= 0.6 is 22.9 Å². The Bertz CT molecular complexity index is 531. The Hall–Kier alpha value is -1.53. The fourth-order valence-corrected chi connectivity index (χ4v) is 1.77. The quantitative estimate of drug-likeness (QED) is 0.900. The molecule has 16 heavy (non-hydrogen) atoms. The highest BCUT2D eigenvalue weighted by atomic mass is 35.5. The third-order valence-corrected chi connectivity index (χ3v) is 2.69. The molecule has 0 saturated heterocycles. The van der Waals surface area contributed by atoms with Gasteiger partial charge in [0.2, 0.25) is 9.47 Å². The van der Waals surface area contributed by atoms with E-state index in [-0.39, 0.29) is 9.47 Å². The summed E-state index contributed by atoms with van der Waals surface area (Å²) in [5.41, 5.74) is 0.358. The van der Waals surface area contributed by atoms with E-state index in [9.17, 15) is 9.18 Å². The molecule has 0 fully saturated rings. The van der Waals surface area contributed by atoms with Crippen molar-refractivity contribution in [3.8, 4) is 0 Å². The van der Waals surface area contributed by atoms with Crippen molar-refractivity contribution in [2.75, 3.05) is 5.32 Å². The summed E-state index contributed by atoms with van der Waals surface area (Å²) >= 11 is 6.49. The predicted molar refractivity (Wildman–Crippen MR) is 59.3 cm³/mol.